The van der Waals surface area contributed by atoms with Crippen LogP contribution in [0.1, 0.15) is 33.6 Å². The summed E-state index contributed by atoms with van der Waals surface area (Å²) in [6.07, 6.45) is 2.07. The van der Waals surface area contributed by atoms with Crippen molar-refractivity contribution in [2.24, 2.45) is 0 Å². The maximum absolute atomic E-state index is 8.74. The second kappa shape index (κ2) is 6.46. The zero-order valence-electron chi connectivity index (χ0n) is 10.4. The van der Waals surface area contributed by atoms with E-state index in [2.05, 4.69) is 30.6 Å². The molecular formula is C12H26N2O. The van der Waals surface area contributed by atoms with Gasteiger partial charge in [-0.05, 0) is 40.2 Å². The van der Waals surface area contributed by atoms with Gasteiger partial charge in [-0.15, -0.1) is 0 Å². The molecule has 1 N–H and O–H groups in total. The Morgan fingerprint density at radius 1 is 1.27 bits per heavy atom. The fourth-order valence-corrected chi connectivity index (χ4v) is 2.46. The number of rotatable bonds is 5. The molecule has 1 rings (SSSR count). The highest BCUT2D eigenvalue weighted by atomic mass is 16.2. The number of aliphatic hydroxyl groups excluding tert-OH is 1. The third-order valence-electron chi connectivity index (χ3n) is 3.31. The first-order chi connectivity index (χ1) is 7.15. The van der Waals surface area contributed by atoms with Crippen molar-refractivity contribution in [1.29, 1.82) is 0 Å². The van der Waals surface area contributed by atoms with E-state index >= 15 is 0 Å². The van der Waals surface area contributed by atoms with Crippen LogP contribution in [0.5, 0.6) is 0 Å². The Morgan fingerprint density at radius 2 is 2.00 bits per heavy atom. The van der Waals surface area contributed by atoms with Crippen LogP contribution in [0.25, 0.3) is 0 Å². The molecule has 90 valence electrons. The Morgan fingerprint density at radius 3 is 2.53 bits per heavy atom. The molecule has 0 aliphatic carbocycles. The summed E-state index contributed by atoms with van der Waals surface area (Å²) >= 11 is 0. The Kier molecular flexibility index (Phi) is 5.58. The third kappa shape index (κ3) is 4.09. The summed E-state index contributed by atoms with van der Waals surface area (Å²) in [5.41, 5.74) is 0. The molecule has 1 fully saturated rings. The summed E-state index contributed by atoms with van der Waals surface area (Å²) in [5, 5.41) is 8.74. The molecule has 0 saturated carbocycles. The summed E-state index contributed by atoms with van der Waals surface area (Å²) in [7, 11) is 0. The SMILES string of the molecule is CC(C)N1CCN(CCCCO)CC1C. The smallest absolute Gasteiger partial charge is 0.0431 e. The van der Waals surface area contributed by atoms with Gasteiger partial charge in [-0.1, -0.05) is 0 Å². The molecule has 1 atom stereocenters. The maximum Gasteiger partial charge on any atom is 0.0431 e. The Labute approximate surface area is 94.1 Å². The van der Waals surface area contributed by atoms with Gasteiger partial charge in [-0.3, -0.25) is 4.90 Å². The van der Waals surface area contributed by atoms with Crippen LogP contribution in [0.15, 0.2) is 0 Å². The summed E-state index contributed by atoms with van der Waals surface area (Å²) in [6, 6.07) is 1.34. The lowest BCUT2D eigenvalue weighted by molar-refractivity contribution is 0.0588. The van der Waals surface area contributed by atoms with E-state index in [0.29, 0.717) is 18.7 Å². The molecule has 1 aliphatic rings. The van der Waals surface area contributed by atoms with E-state index in [-0.39, 0.29) is 0 Å². The maximum atomic E-state index is 8.74. The summed E-state index contributed by atoms with van der Waals surface area (Å²) < 4.78 is 0. The van der Waals surface area contributed by atoms with Crippen molar-refractivity contribution in [3.8, 4) is 0 Å². The average Bonchev–Trinajstić information content (AvgIpc) is 2.17. The van der Waals surface area contributed by atoms with Crippen LogP contribution in [0.2, 0.25) is 0 Å². The van der Waals surface area contributed by atoms with Gasteiger partial charge in [0, 0.05) is 38.3 Å². The number of nitrogens with zero attached hydrogens (tertiary/aromatic N) is 2. The predicted octanol–water partition coefficient (Wildman–Crippen LogP) is 1.17. The van der Waals surface area contributed by atoms with Gasteiger partial charge < -0.3 is 10.0 Å². The van der Waals surface area contributed by atoms with Crippen molar-refractivity contribution in [3.63, 3.8) is 0 Å². The fraction of sp³-hybridized carbons (Fsp3) is 1.00. The highest BCUT2D eigenvalue weighted by molar-refractivity contribution is 4.80. The molecule has 1 aliphatic heterocycles. The first kappa shape index (κ1) is 12.9. The first-order valence-corrected chi connectivity index (χ1v) is 6.24. The van der Waals surface area contributed by atoms with Crippen molar-refractivity contribution in [2.75, 3.05) is 32.8 Å². The Bertz CT molecular complexity index is 173. The lowest BCUT2D eigenvalue weighted by Gasteiger charge is -2.42. The van der Waals surface area contributed by atoms with Gasteiger partial charge in [-0.2, -0.15) is 0 Å². The topological polar surface area (TPSA) is 26.7 Å². The molecule has 0 bridgehead atoms. The highest BCUT2D eigenvalue weighted by Gasteiger charge is 2.24. The quantitative estimate of drug-likeness (QED) is 0.696. The van der Waals surface area contributed by atoms with E-state index in [1.165, 1.54) is 19.6 Å². The van der Waals surface area contributed by atoms with Gasteiger partial charge in [0.2, 0.25) is 0 Å². The van der Waals surface area contributed by atoms with Crippen LogP contribution in [-0.2, 0) is 0 Å². The molecule has 1 saturated heterocycles. The number of unbranched alkanes of at least 4 members (excludes halogenated alkanes) is 1. The van der Waals surface area contributed by atoms with E-state index in [1.807, 2.05) is 0 Å². The molecule has 3 nitrogen and oxygen atoms in total. The largest absolute Gasteiger partial charge is 0.396 e. The van der Waals surface area contributed by atoms with Crippen LogP contribution >= 0.6 is 0 Å². The molecule has 0 aromatic rings. The van der Waals surface area contributed by atoms with Gasteiger partial charge in [0.15, 0.2) is 0 Å². The van der Waals surface area contributed by atoms with Crippen molar-refractivity contribution in [1.82, 2.24) is 9.80 Å². The molecule has 1 unspecified atom stereocenters. The van der Waals surface area contributed by atoms with Gasteiger partial charge >= 0.3 is 0 Å². The third-order valence-corrected chi connectivity index (χ3v) is 3.31. The van der Waals surface area contributed by atoms with Crippen molar-refractivity contribution in [3.05, 3.63) is 0 Å². The van der Waals surface area contributed by atoms with Crippen LogP contribution in [0, 0.1) is 0 Å². The Balaban J connectivity index is 2.24. The standard InChI is InChI=1S/C12H26N2O/c1-11(2)14-8-7-13(10-12(14)3)6-4-5-9-15/h11-12,15H,4-10H2,1-3H3. The van der Waals surface area contributed by atoms with E-state index in [4.69, 9.17) is 5.11 Å². The monoisotopic (exact) mass is 214 g/mol. The number of piperazine rings is 1. The summed E-state index contributed by atoms with van der Waals surface area (Å²) in [5.74, 6) is 0. The molecule has 0 spiro atoms. The predicted molar refractivity (Wildman–Crippen MR) is 64.1 cm³/mol. The normalized spacial score (nSPS) is 25.0. The van der Waals surface area contributed by atoms with Crippen LogP contribution in [0.3, 0.4) is 0 Å². The molecule has 0 amide bonds. The first-order valence-electron chi connectivity index (χ1n) is 6.24. The zero-order valence-corrected chi connectivity index (χ0v) is 10.4. The average molecular weight is 214 g/mol. The second-order valence-corrected chi connectivity index (χ2v) is 4.91. The highest BCUT2D eigenvalue weighted by Crippen LogP contribution is 2.13. The summed E-state index contributed by atoms with van der Waals surface area (Å²) in [4.78, 5) is 5.10. The van der Waals surface area contributed by atoms with Gasteiger partial charge in [0.25, 0.3) is 0 Å². The molecule has 0 aromatic carbocycles. The molecular weight excluding hydrogens is 188 g/mol. The molecule has 1 heterocycles. The number of hydrogen-bond donors (Lipinski definition) is 1. The van der Waals surface area contributed by atoms with E-state index in [0.717, 1.165) is 19.4 Å². The van der Waals surface area contributed by atoms with Gasteiger partial charge in [0.05, 0.1) is 0 Å². The molecule has 0 aromatic heterocycles. The van der Waals surface area contributed by atoms with Crippen molar-refractivity contribution >= 4 is 0 Å². The van der Waals surface area contributed by atoms with Crippen LogP contribution < -0.4 is 0 Å². The Hall–Kier alpha value is -0.120. The molecule has 0 radical (unpaired) electrons. The fourth-order valence-electron chi connectivity index (χ4n) is 2.46. The number of aliphatic hydroxyl groups is 1. The minimum absolute atomic E-state index is 0.335. The number of hydrogen-bond acceptors (Lipinski definition) is 3. The lowest BCUT2D eigenvalue weighted by Crippen LogP contribution is -2.54. The lowest BCUT2D eigenvalue weighted by atomic mass is 10.1. The van der Waals surface area contributed by atoms with Gasteiger partial charge in [-0.25, -0.2) is 0 Å². The molecule has 3 heteroatoms. The van der Waals surface area contributed by atoms with Crippen molar-refractivity contribution in [2.45, 2.75) is 45.7 Å². The van der Waals surface area contributed by atoms with E-state index in [9.17, 15) is 0 Å². The van der Waals surface area contributed by atoms with Crippen molar-refractivity contribution < 1.29 is 5.11 Å². The molecule has 15 heavy (non-hydrogen) atoms. The van der Waals surface area contributed by atoms with E-state index in [1.54, 1.807) is 0 Å². The minimum atomic E-state index is 0.335. The zero-order chi connectivity index (χ0) is 11.3. The summed E-state index contributed by atoms with van der Waals surface area (Å²) in [6.45, 7) is 11.9. The van der Waals surface area contributed by atoms with E-state index < -0.39 is 0 Å². The van der Waals surface area contributed by atoms with Crippen LogP contribution in [-0.4, -0.2) is 59.8 Å². The van der Waals surface area contributed by atoms with Crippen LogP contribution in [0.4, 0.5) is 0 Å². The minimum Gasteiger partial charge on any atom is -0.396 e. The second-order valence-electron chi connectivity index (χ2n) is 4.91. The van der Waals surface area contributed by atoms with Gasteiger partial charge in [0.1, 0.15) is 0 Å².